The first-order valence-electron chi connectivity index (χ1n) is 6.42. The quantitative estimate of drug-likeness (QED) is 0.823. The van der Waals surface area contributed by atoms with Crippen molar-refractivity contribution in [3.05, 3.63) is 35.9 Å². The number of rotatable bonds is 5. The standard InChI is InChI=1S/C15H16N4OS/c1-3-20-15-12(9-16)13(17)8-14(19-15)18-10-5-4-6-11(7-10)21-2/h4-8H,3H2,1-2H3,(H3,17,18,19). The first-order valence-corrected chi connectivity index (χ1v) is 7.65. The van der Waals surface area contributed by atoms with Crippen LogP contribution in [0.3, 0.4) is 0 Å². The van der Waals surface area contributed by atoms with Crippen LogP contribution in [0.5, 0.6) is 5.88 Å². The number of nitrogens with zero attached hydrogens (tertiary/aromatic N) is 2. The largest absolute Gasteiger partial charge is 0.477 e. The van der Waals surface area contributed by atoms with E-state index in [1.165, 1.54) is 0 Å². The molecule has 1 aromatic carbocycles. The molecule has 0 radical (unpaired) electrons. The van der Waals surface area contributed by atoms with Gasteiger partial charge in [0.2, 0.25) is 5.88 Å². The molecule has 6 heteroatoms. The Morgan fingerprint density at radius 2 is 2.24 bits per heavy atom. The average molecular weight is 300 g/mol. The number of nitrogens with one attached hydrogen (secondary N) is 1. The van der Waals surface area contributed by atoms with Crippen molar-refractivity contribution in [3.8, 4) is 11.9 Å². The predicted molar refractivity (Wildman–Crippen MR) is 86.0 cm³/mol. The van der Waals surface area contributed by atoms with Crippen molar-refractivity contribution in [3.63, 3.8) is 0 Å². The lowest BCUT2D eigenvalue weighted by molar-refractivity contribution is 0.326. The smallest absolute Gasteiger partial charge is 0.235 e. The molecule has 0 aliphatic rings. The van der Waals surface area contributed by atoms with Crippen LogP contribution >= 0.6 is 11.8 Å². The van der Waals surface area contributed by atoms with Crippen molar-refractivity contribution < 1.29 is 4.74 Å². The molecule has 21 heavy (non-hydrogen) atoms. The summed E-state index contributed by atoms with van der Waals surface area (Å²) >= 11 is 1.66. The fourth-order valence-electron chi connectivity index (χ4n) is 1.81. The fraction of sp³-hybridized carbons (Fsp3) is 0.200. The highest BCUT2D eigenvalue weighted by Gasteiger charge is 2.11. The summed E-state index contributed by atoms with van der Waals surface area (Å²) in [4.78, 5) is 5.45. The van der Waals surface area contributed by atoms with Crippen LogP contribution in [0.1, 0.15) is 12.5 Å². The van der Waals surface area contributed by atoms with Crippen LogP contribution in [-0.2, 0) is 0 Å². The Morgan fingerprint density at radius 3 is 2.90 bits per heavy atom. The van der Waals surface area contributed by atoms with E-state index in [2.05, 4.69) is 10.3 Å². The summed E-state index contributed by atoms with van der Waals surface area (Å²) in [6, 6.07) is 11.6. The number of anilines is 3. The Hall–Kier alpha value is -2.39. The Morgan fingerprint density at radius 1 is 1.43 bits per heavy atom. The van der Waals surface area contributed by atoms with E-state index in [9.17, 15) is 0 Å². The summed E-state index contributed by atoms with van der Waals surface area (Å²) in [5.74, 6) is 0.803. The highest BCUT2D eigenvalue weighted by atomic mass is 32.2. The van der Waals surface area contributed by atoms with E-state index in [4.69, 9.17) is 15.7 Å². The van der Waals surface area contributed by atoms with Gasteiger partial charge in [-0.05, 0) is 31.4 Å². The molecule has 0 aliphatic heterocycles. The van der Waals surface area contributed by atoms with Crippen LogP contribution < -0.4 is 15.8 Å². The summed E-state index contributed by atoms with van der Waals surface area (Å²) in [7, 11) is 0. The Bertz CT molecular complexity index is 682. The minimum Gasteiger partial charge on any atom is -0.477 e. The second-order valence-corrected chi connectivity index (χ2v) is 5.06. The maximum atomic E-state index is 9.10. The van der Waals surface area contributed by atoms with Gasteiger partial charge in [0, 0.05) is 16.6 Å². The van der Waals surface area contributed by atoms with E-state index in [0.717, 1.165) is 10.6 Å². The number of hydrogen-bond donors (Lipinski definition) is 2. The van der Waals surface area contributed by atoms with Crippen LogP contribution in [0, 0.1) is 11.3 Å². The molecule has 3 N–H and O–H groups in total. The Balaban J connectivity index is 2.34. The zero-order valence-corrected chi connectivity index (χ0v) is 12.7. The van der Waals surface area contributed by atoms with Gasteiger partial charge in [-0.25, -0.2) is 0 Å². The molecule has 0 saturated carbocycles. The first kappa shape index (κ1) is 15.0. The fourth-order valence-corrected chi connectivity index (χ4v) is 2.27. The number of nitriles is 1. The monoisotopic (exact) mass is 300 g/mol. The van der Waals surface area contributed by atoms with Gasteiger partial charge >= 0.3 is 0 Å². The minimum absolute atomic E-state index is 0.253. The summed E-state index contributed by atoms with van der Waals surface area (Å²) in [5, 5.41) is 12.3. The van der Waals surface area contributed by atoms with Gasteiger partial charge in [-0.1, -0.05) is 6.07 Å². The highest BCUT2D eigenvalue weighted by Crippen LogP contribution is 2.28. The number of pyridine rings is 1. The third-order valence-electron chi connectivity index (χ3n) is 2.75. The van der Waals surface area contributed by atoms with Crippen LogP contribution in [-0.4, -0.2) is 17.8 Å². The molecular weight excluding hydrogens is 284 g/mol. The molecule has 0 amide bonds. The summed E-state index contributed by atoms with van der Waals surface area (Å²) in [5.41, 5.74) is 7.40. The molecule has 2 rings (SSSR count). The predicted octanol–water partition coefficient (Wildman–Crippen LogP) is 3.40. The van der Waals surface area contributed by atoms with Gasteiger partial charge in [0.05, 0.1) is 12.3 Å². The molecule has 5 nitrogen and oxygen atoms in total. The van der Waals surface area contributed by atoms with Crippen molar-refractivity contribution >= 4 is 29.0 Å². The van der Waals surface area contributed by atoms with Gasteiger partial charge < -0.3 is 15.8 Å². The zero-order chi connectivity index (χ0) is 15.2. The van der Waals surface area contributed by atoms with Crippen molar-refractivity contribution in [1.29, 1.82) is 5.26 Å². The summed E-state index contributed by atoms with van der Waals surface area (Å²) in [6.45, 7) is 2.26. The molecule has 1 heterocycles. The lowest BCUT2D eigenvalue weighted by Gasteiger charge is -2.11. The molecule has 0 bridgehead atoms. The van der Waals surface area contributed by atoms with Crippen molar-refractivity contribution in [1.82, 2.24) is 4.98 Å². The van der Waals surface area contributed by atoms with Crippen LogP contribution in [0.4, 0.5) is 17.2 Å². The Kier molecular flexibility index (Phi) is 4.90. The lowest BCUT2D eigenvalue weighted by Crippen LogP contribution is -2.04. The average Bonchev–Trinajstić information content (AvgIpc) is 2.47. The van der Waals surface area contributed by atoms with Crippen LogP contribution in [0.2, 0.25) is 0 Å². The molecule has 0 atom stereocenters. The number of thioether (sulfide) groups is 1. The Labute approximate surface area is 128 Å². The normalized spacial score (nSPS) is 9.95. The third kappa shape index (κ3) is 3.58. The molecule has 2 aromatic rings. The first-order chi connectivity index (χ1) is 10.2. The van der Waals surface area contributed by atoms with Gasteiger partial charge in [-0.15, -0.1) is 11.8 Å². The van der Waals surface area contributed by atoms with Gasteiger partial charge in [0.1, 0.15) is 17.5 Å². The van der Waals surface area contributed by atoms with E-state index >= 15 is 0 Å². The van der Waals surface area contributed by atoms with E-state index in [-0.39, 0.29) is 11.4 Å². The highest BCUT2D eigenvalue weighted by molar-refractivity contribution is 7.98. The van der Waals surface area contributed by atoms with E-state index < -0.39 is 0 Å². The number of ether oxygens (including phenoxy) is 1. The second kappa shape index (κ2) is 6.86. The zero-order valence-electron chi connectivity index (χ0n) is 11.9. The van der Waals surface area contributed by atoms with E-state index in [1.807, 2.05) is 43.5 Å². The second-order valence-electron chi connectivity index (χ2n) is 4.18. The van der Waals surface area contributed by atoms with Crippen molar-refractivity contribution in [2.24, 2.45) is 0 Å². The lowest BCUT2D eigenvalue weighted by atomic mass is 10.2. The summed E-state index contributed by atoms with van der Waals surface area (Å²) < 4.78 is 5.37. The molecular formula is C15H16N4OS. The van der Waals surface area contributed by atoms with E-state index in [0.29, 0.717) is 18.1 Å². The topological polar surface area (TPSA) is 84.0 Å². The van der Waals surface area contributed by atoms with Crippen LogP contribution in [0.15, 0.2) is 35.2 Å². The van der Waals surface area contributed by atoms with Gasteiger partial charge in [0.25, 0.3) is 0 Å². The SMILES string of the molecule is CCOc1nc(Nc2cccc(SC)c2)cc(N)c1C#N. The number of aromatic nitrogens is 1. The number of benzene rings is 1. The number of nitrogen functional groups attached to an aromatic ring is 1. The molecule has 0 fully saturated rings. The maximum Gasteiger partial charge on any atom is 0.235 e. The van der Waals surface area contributed by atoms with Crippen molar-refractivity contribution in [2.75, 3.05) is 23.9 Å². The van der Waals surface area contributed by atoms with Crippen LogP contribution in [0.25, 0.3) is 0 Å². The van der Waals surface area contributed by atoms with Gasteiger partial charge in [-0.3, -0.25) is 0 Å². The molecule has 0 aliphatic carbocycles. The minimum atomic E-state index is 0.253. The molecule has 108 valence electrons. The molecule has 0 unspecified atom stereocenters. The third-order valence-corrected chi connectivity index (χ3v) is 3.48. The molecule has 1 aromatic heterocycles. The van der Waals surface area contributed by atoms with Gasteiger partial charge in [0.15, 0.2) is 0 Å². The number of nitrogens with two attached hydrogens (primary N) is 1. The number of hydrogen-bond acceptors (Lipinski definition) is 6. The molecule has 0 saturated heterocycles. The molecule has 0 spiro atoms. The van der Waals surface area contributed by atoms with Gasteiger partial charge in [-0.2, -0.15) is 10.2 Å². The van der Waals surface area contributed by atoms with Crippen molar-refractivity contribution in [2.45, 2.75) is 11.8 Å². The van der Waals surface area contributed by atoms with E-state index in [1.54, 1.807) is 17.8 Å². The summed E-state index contributed by atoms with van der Waals surface area (Å²) in [6.07, 6.45) is 2.02. The maximum absolute atomic E-state index is 9.10.